The summed E-state index contributed by atoms with van der Waals surface area (Å²) < 4.78 is 0. The van der Waals surface area contributed by atoms with Crippen LogP contribution in [-0.2, 0) is 6.42 Å². The molecule has 0 heterocycles. The third-order valence-corrected chi connectivity index (χ3v) is 5.48. The number of hydrogen-bond acceptors (Lipinski definition) is 2. The molecule has 0 radical (unpaired) electrons. The molecule has 0 aromatic heterocycles. The maximum absolute atomic E-state index is 5.94. The summed E-state index contributed by atoms with van der Waals surface area (Å²) in [6.07, 6.45) is 2.52. The number of benzene rings is 2. The molecule has 2 aromatic rings. The molecule has 2 aliphatic carbocycles. The molecule has 0 aliphatic heterocycles. The van der Waals surface area contributed by atoms with Crippen LogP contribution in [0.25, 0.3) is 0 Å². The zero-order valence-electron chi connectivity index (χ0n) is 12.4. The van der Waals surface area contributed by atoms with Gasteiger partial charge in [0.1, 0.15) is 0 Å². The quantitative estimate of drug-likeness (QED) is 0.666. The van der Waals surface area contributed by atoms with Crippen LogP contribution in [0.4, 0.5) is 0 Å². The highest BCUT2D eigenvalue weighted by atomic mass is 15.2. The van der Waals surface area contributed by atoms with Crippen LogP contribution in [-0.4, -0.2) is 0 Å². The number of hydrazine groups is 1. The van der Waals surface area contributed by atoms with Crippen LogP contribution >= 0.6 is 0 Å². The second-order valence-corrected chi connectivity index (χ2v) is 6.51. The van der Waals surface area contributed by atoms with Gasteiger partial charge in [0.25, 0.3) is 0 Å². The molecule has 21 heavy (non-hydrogen) atoms. The minimum absolute atomic E-state index is 0.271. The van der Waals surface area contributed by atoms with E-state index < -0.39 is 0 Å². The maximum atomic E-state index is 5.94. The molecule has 3 N–H and O–H groups in total. The fourth-order valence-corrected chi connectivity index (χ4v) is 4.42. The first-order valence-corrected chi connectivity index (χ1v) is 7.90. The molecular formula is C19H22N2. The van der Waals surface area contributed by atoms with E-state index in [0.29, 0.717) is 11.8 Å². The molecule has 4 atom stereocenters. The lowest BCUT2D eigenvalue weighted by Gasteiger charge is -2.19. The van der Waals surface area contributed by atoms with E-state index in [2.05, 4.69) is 60.9 Å². The summed E-state index contributed by atoms with van der Waals surface area (Å²) in [5.41, 5.74) is 8.90. The number of hydrogen-bond donors (Lipinski definition) is 2. The Labute approximate surface area is 126 Å². The third-order valence-electron chi connectivity index (χ3n) is 5.48. The highest BCUT2D eigenvalue weighted by Crippen LogP contribution is 2.64. The van der Waals surface area contributed by atoms with Crippen molar-refractivity contribution in [1.82, 2.24) is 5.43 Å². The fraction of sp³-hybridized carbons (Fsp3) is 0.368. The SMILES string of the molecule is Cc1ccccc1C(NN)C1C2CCc3ccccc3C21. The van der Waals surface area contributed by atoms with Gasteiger partial charge < -0.3 is 0 Å². The molecule has 4 unspecified atom stereocenters. The highest BCUT2D eigenvalue weighted by Gasteiger charge is 2.56. The Hall–Kier alpha value is -1.64. The first-order chi connectivity index (χ1) is 10.3. The van der Waals surface area contributed by atoms with Crippen LogP contribution in [0.2, 0.25) is 0 Å². The number of aryl methyl sites for hydroxylation is 2. The summed E-state index contributed by atoms with van der Waals surface area (Å²) in [5, 5.41) is 0. The molecule has 4 rings (SSSR count). The molecule has 2 nitrogen and oxygen atoms in total. The van der Waals surface area contributed by atoms with Crippen LogP contribution in [0.1, 0.15) is 40.6 Å². The number of nitrogens with one attached hydrogen (secondary N) is 1. The Morgan fingerprint density at radius 2 is 1.86 bits per heavy atom. The lowest BCUT2D eigenvalue weighted by molar-refractivity contribution is 0.458. The van der Waals surface area contributed by atoms with E-state index in [1.165, 1.54) is 24.0 Å². The minimum atomic E-state index is 0.271. The fourth-order valence-electron chi connectivity index (χ4n) is 4.42. The van der Waals surface area contributed by atoms with Crippen LogP contribution in [0.3, 0.4) is 0 Å². The first-order valence-electron chi connectivity index (χ1n) is 7.90. The van der Waals surface area contributed by atoms with E-state index in [0.717, 1.165) is 5.92 Å². The second kappa shape index (κ2) is 4.97. The van der Waals surface area contributed by atoms with Crippen molar-refractivity contribution in [3.63, 3.8) is 0 Å². The van der Waals surface area contributed by atoms with Crippen molar-refractivity contribution in [2.45, 2.75) is 31.7 Å². The lowest BCUT2D eigenvalue weighted by Crippen LogP contribution is -2.30. The van der Waals surface area contributed by atoms with Crippen LogP contribution in [0.15, 0.2) is 48.5 Å². The number of nitrogens with two attached hydrogens (primary N) is 1. The molecular weight excluding hydrogens is 256 g/mol. The first kappa shape index (κ1) is 13.1. The molecule has 0 bridgehead atoms. The molecule has 1 fully saturated rings. The molecule has 0 saturated heterocycles. The number of fused-ring (bicyclic) bond motifs is 3. The molecule has 2 aliphatic rings. The largest absolute Gasteiger partial charge is 0.271 e. The Bertz CT molecular complexity index is 664. The van der Waals surface area contributed by atoms with E-state index in [1.807, 2.05) is 0 Å². The van der Waals surface area contributed by atoms with Crippen molar-refractivity contribution in [2.75, 3.05) is 0 Å². The average molecular weight is 278 g/mol. The van der Waals surface area contributed by atoms with Gasteiger partial charge in [0.15, 0.2) is 0 Å². The zero-order valence-corrected chi connectivity index (χ0v) is 12.4. The summed E-state index contributed by atoms with van der Waals surface area (Å²) in [4.78, 5) is 0. The molecule has 2 heteroatoms. The van der Waals surface area contributed by atoms with Crippen molar-refractivity contribution in [3.05, 3.63) is 70.8 Å². The highest BCUT2D eigenvalue weighted by molar-refractivity contribution is 5.42. The van der Waals surface area contributed by atoms with Gasteiger partial charge >= 0.3 is 0 Å². The van der Waals surface area contributed by atoms with Gasteiger partial charge in [-0.2, -0.15) is 0 Å². The zero-order chi connectivity index (χ0) is 14.4. The summed E-state index contributed by atoms with van der Waals surface area (Å²) in [6, 6.07) is 17.8. The van der Waals surface area contributed by atoms with Gasteiger partial charge in [-0.05, 0) is 59.8 Å². The Balaban J connectivity index is 1.68. The van der Waals surface area contributed by atoms with Crippen LogP contribution in [0.5, 0.6) is 0 Å². The molecule has 0 spiro atoms. The summed E-state index contributed by atoms with van der Waals surface area (Å²) >= 11 is 0. The molecule has 1 saturated carbocycles. The summed E-state index contributed by atoms with van der Waals surface area (Å²) in [7, 11) is 0. The van der Waals surface area contributed by atoms with Gasteiger partial charge in [0.2, 0.25) is 0 Å². The van der Waals surface area contributed by atoms with Crippen molar-refractivity contribution in [2.24, 2.45) is 17.7 Å². The predicted molar refractivity (Wildman–Crippen MR) is 85.7 cm³/mol. The molecule has 2 aromatic carbocycles. The van der Waals surface area contributed by atoms with Gasteiger partial charge in [-0.1, -0.05) is 48.5 Å². The van der Waals surface area contributed by atoms with E-state index in [-0.39, 0.29) is 6.04 Å². The third kappa shape index (κ3) is 2.02. The van der Waals surface area contributed by atoms with Crippen molar-refractivity contribution in [3.8, 4) is 0 Å². The number of rotatable bonds is 3. The van der Waals surface area contributed by atoms with Crippen molar-refractivity contribution < 1.29 is 0 Å². The Kier molecular flexibility index (Phi) is 3.09. The standard InChI is InChI=1S/C19H22N2/c1-12-6-2-4-8-14(12)19(21-20)18-16-11-10-13-7-3-5-9-15(13)17(16)18/h2-9,16-19,21H,10-11,20H2,1H3. The van der Waals surface area contributed by atoms with Crippen molar-refractivity contribution in [1.29, 1.82) is 0 Å². The van der Waals surface area contributed by atoms with Gasteiger partial charge in [-0.25, -0.2) is 0 Å². The van der Waals surface area contributed by atoms with Gasteiger partial charge in [0.05, 0.1) is 0 Å². The minimum Gasteiger partial charge on any atom is -0.271 e. The molecule has 108 valence electrons. The monoisotopic (exact) mass is 278 g/mol. The van der Waals surface area contributed by atoms with Crippen LogP contribution in [0, 0.1) is 18.8 Å². The predicted octanol–water partition coefficient (Wildman–Crippen LogP) is 3.48. The summed E-state index contributed by atoms with van der Waals surface area (Å²) in [5.74, 6) is 8.06. The van der Waals surface area contributed by atoms with Crippen molar-refractivity contribution >= 4 is 0 Å². The Morgan fingerprint density at radius 3 is 2.67 bits per heavy atom. The summed E-state index contributed by atoms with van der Waals surface area (Å²) in [6.45, 7) is 2.18. The normalized spacial score (nSPS) is 27.6. The van der Waals surface area contributed by atoms with Gasteiger partial charge in [0, 0.05) is 6.04 Å². The van der Waals surface area contributed by atoms with E-state index in [4.69, 9.17) is 5.84 Å². The topological polar surface area (TPSA) is 38.0 Å². The maximum Gasteiger partial charge on any atom is 0.0499 e. The Morgan fingerprint density at radius 1 is 1.10 bits per heavy atom. The van der Waals surface area contributed by atoms with E-state index >= 15 is 0 Å². The average Bonchev–Trinajstić information content (AvgIpc) is 3.25. The molecule has 0 amide bonds. The van der Waals surface area contributed by atoms with Gasteiger partial charge in [-0.3, -0.25) is 11.3 Å². The van der Waals surface area contributed by atoms with E-state index in [9.17, 15) is 0 Å². The van der Waals surface area contributed by atoms with Crippen LogP contribution < -0.4 is 11.3 Å². The smallest absolute Gasteiger partial charge is 0.0499 e. The van der Waals surface area contributed by atoms with E-state index in [1.54, 1.807) is 11.1 Å². The second-order valence-electron chi connectivity index (χ2n) is 6.51. The van der Waals surface area contributed by atoms with Gasteiger partial charge in [-0.15, -0.1) is 0 Å². The lowest BCUT2D eigenvalue weighted by atomic mass is 9.92.